The summed E-state index contributed by atoms with van der Waals surface area (Å²) < 4.78 is 26.2. The summed E-state index contributed by atoms with van der Waals surface area (Å²) in [5.41, 5.74) is 1.37. The summed E-state index contributed by atoms with van der Waals surface area (Å²) in [5.74, 6) is -0.172. The van der Waals surface area contributed by atoms with E-state index in [2.05, 4.69) is 10.3 Å². The average molecular weight is 438 g/mol. The second kappa shape index (κ2) is 7.79. The Hall–Kier alpha value is -3.23. The van der Waals surface area contributed by atoms with Crippen molar-refractivity contribution < 1.29 is 18.3 Å². The third-order valence-corrected chi connectivity index (χ3v) is 7.85. The number of aliphatic hydroxyl groups excluding tert-OH is 1. The van der Waals surface area contributed by atoms with Crippen LogP contribution in [0.15, 0.2) is 73.2 Å². The summed E-state index contributed by atoms with van der Waals surface area (Å²) in [5, 5.41) is 15.1. The van der Waals surface area contributed by atoms with Gasteiger partial charge < -0.3 is 10.4 Å². The molecule has 2 aromatic carbocycles. The Balaban J connectivity index is 1.63. The molecule has 1 heterocycles. The van der Waals surface area contributed by atoms with Crippen molar-refractivity contribution in [3.8, 4) is 0 Å². The molecule has 2 unspecified atom stereocenters. The number of benzene rings is 2. The van der Waals surface area contributed by atoms with Gasteiger partial charge in [0.2, 0.25) is 10.0 Å². The highest BCUT2D eigenvalue weighted by Gasteiger charge is 2.38. The molecule has 2 atom stereocenters. The summed E-state index contributed by atoms with van der Waals surface area (Å²) in [6.45, 7) is 1.66. The highest BCUT2D eigenvalue weighted by atomic mass is 32.2. The van der Waals surface area contributed by atoms with Crippen LogP contribution in [0.5, 0.6) is 0 Å². The number of nitrogens with zero attached hydrogens (tertiary/aromatic N) is 2. The number of carbonyl (C=O) groups excluding carboxylic acids is 1. The van der Waals surface area contributed by atoms with Gasteiger partial charge in [0, 0.05) is 18.8 Å². The Bertz CT molecular complexity index is 1320. The fourth-order valence-corrected chi connectivity index (χ4v) is 5.08. The molecular formula is C23H23N3O4S. The molecule has 0 bridgehead atoms. The van der Waals surface area contributed by atoms with Crippen LogP contribution in [0.4, 0.5) is 0 Å². The Morgan fingerprint density at radius 2 is 1.94 bits per heavy atom. The lowest BCUT2D eigenvalue weighted by Gasteiger charge is -2.26. The fourth-order valence-electron chi connectivity index (χ4n) is 3.62. The van der Waals surface area contributed by atoms with Gasteiger partial charge in [-0.3, -0.25) is 4.79 Å². The van der Waals surface area contributed by atoms with E-state index >= 15 is 0 Å². The highest BCUT2D eigenvalue weighted by molar-refractivity contribution is 7.91. The van der Waals surface area contributed by atoms with Crippen LogP contribution in [-0.4, -0.2) is 40.2 Å². The minimum absolute atomic E-state index is 0.172. The Morgan fingerprint density at radius 1 is 1.19 bits per heavy atom. The maximum Gasteiger partial charge on any atom is 0.251 e. The molecule has 8 heteroatoms. The van der Waals surface area contributed by atoms with Crippen molar-refractivity contribution in [2.24, 2.45) is 0 Å². The SMILES string of the molecule is CNC(=O)c1ccc2cc(C(O)c3cn(S(=O)(=O)C4(C)C=CC=CC4)cn3)ccc2c1. The molecule has 2 N–H and O–H groups in total. The third kappa shape index (κ3) is 3.68. The number of aromatic nitrogens is 2. The van der Waals surface area contributed by atoms with E-state index in [-0.39, 0.29) is 11.6 Å². The number of hydrogen-bond acceptors (Lipinski definition) is 5. The van der Waals surface area contributed by atoms with Crippen LogP contribution in [0, 0.1) is 0 Å². The molecule has 1 aromatic heterocycles. The van der Waals surface area contributed by atoms with E-state index in [4.69, 9.17) is 0 Å². The van der Waals surface area contributed by atoms with Gasteiger partial charge in [0.05, 0.1) is 5.69 Å². The summed E-state index contributed by atoms with van der Waals surface area (Å²) in [6, 6.07) is 10.7. The predicted octanol–water partition coefficient (Wildman–Crippen LogP) is 2.93. The van der Waals surface area contributed by atoms with Crippen LogP contribution in [-0.2, 0) is 10.0 Å². The smallest absolute Gasteiger partial charge is 0.251 e. The molecule has 160 valence electrons. The first-order valence-corrected chi connectivity index (χ1v) is 11.3. The monoisotopic (exact) mass is 437 g/mol. The van der Waals surface area contributed by atoms with E-state index in [1.54, 1.807) is 50.4 Å². The van der Waals surface area contributed by atoms with E-state index in [0.717, 1.165) is 14.7 Å². The van der Waals surface area contributed by atoms with Crippen molar-refractivity contribution in [2.45, 2.75) is 24.2 Å². The molecule has 0 aliphatic heterocycles. The minimum Gasteiger partial charge on any atom is -0.382 e. The Morgan fingerprint density at radius 3 is 2.65 bits per heavy atom. The van der Waals surface area contributed by atoms with Crippen LogP contribution in [0.2, 0.25) is 0 Å². The number of fused-ring (bicyclic) bond motifs is 1. The zero-order chi connectivity index (χ0) is 22.2. The van der Waals surface area contributed by atoms with Crippen LogP contribution >= 0.6 is 0 Å². The van der Waals surface area contributed by atoms with Gasteiger partial charge in [0.1, 0.15) is 17.2 Å². The molecule has 0 saturated heterocycles. The van der Waals surface area contributed by atoms with Gasteiger partial charge in [0.25, 0.3) is 5.91 Å². The molecule has 1 amide bonds. The summed E-state index contributed by atoms with van der Waals surface area (Å²) in [6.07, 6.45) is 8.87. The molecule has 0 radical (unpaired) electrons. The van der Waals surface area contributed by atoms with Crippen molar-refractivity contribution in [2.75, 3.05) is 7.05 Å². The van der Waals surface area contributed by atoms with Crippen molar-refractivity contribution in [3.63, 3.8) is 0 Å². The maximum atomic E-state index is 13.1. The van der Waals surface area contributed by atoms with Gasteiger partial charge in [0.15, 0.2) is 0 Å². The van der Waals surface area contributed by atoms with Crippen LogP contribution in [0.25, 0.3) is 10.8 Å². The molecule has 1 aliphatic rings. The first-order chi connectivity index (χ1) is 14.7. The molecule has 0 fully saturated rings. The topological polar surface area (TPSA) is 101 Å². The zero-order valence-corrected chi connectivity index (χ0v) is 18.0. The summed E-state index contributed by atoms with van der Waals surface area (Å²) in [7, 11) is -2.16. The first kappa shape index (κ1) is 21.0. The Kier molecular flexibility index (Phi) is 5.28. The van der Waals surface area contributed by atoms with Crippen LogP contribution < -0.4 is 5.32 Å². The minimum atomic E-state index is -3.74. The second-order valence-electron chi connectivity index (χ2n) is 7.74. The summed E-state index contributed by atoms with van der Waals surface area (Å²) >= 11 is 0. The van der Waals surface area contributed by atoms with Gasteiger partial charge in [-0.25, -0.2) is 17.4 Å². The molecular weight excluding hydrogens is 414 g/mol. The third-order valence-electron chi connectivity index (χ3n) is 5.62. The number of hydrogen-bond donors (Lipinski definition) is 2. The zero-order valence-electron chi connectivity index (χ0n) is 17.2. The van der Waals surface area contributed by atoms with Crippen LogP contribution in [0.1, 0.15) is 41.1 Å². The van der Waals surface area contributed by atoms with Gasteiger partial charge in [-0.2, -0.15) is 0 Å². The molecule has 31 heavy (non-hydrogen) atoms. The molecule has 0 spiro atoms. The summed E-state index contributed by atoms with van der Waals surface area (Å²) in [4.78, 5) is 16.0. The lowest BCUT2D eigenvalue weighted by molar-refractivity contribution is 0.0963. The maximum absolute atomic E-state index is 13.1. The quantitative estimate of drug-likeness (QED) is 0.639. The van der Waals surface area contributed by atoms with E-state index in [9.17, 15) is 18.3 Å². The number of imidazole rings is 1. The molecule has 4 rings (SSSR count). The van der Waals surface area contributed by atoms with Crippen molar-refractivity contribution in [1.82, 2.24) is 14.3 Å². The lowest BCUT2D eigenvalue weighted by atomic mass is 10.0. The predicted molar refractivity (Wildman–Crippen MR) is 119 cm³/mol. The van der Waals surface area contributed by atoms with Crippen molar-refractivity contribution in [3.05, 3.63) is 90.0 Å². The van der Waals surface area contributed by atoms with E-state index < -0.39 is 20.9 Å². The first-order valence-electron chi connectivity index (χ1n) is 9.82. The van der Waals surface area contributed by atoms with Gasteiger partial charge in [-0.15, -0.1) is 0 Å². The van der Waals surface area contributed by atoms with Crippen LogP contribution in [0.3, 0.4) is 0 Å². The van der Waals surface area contributed by atoms with E-state index in [1.165, 1.54) is 12.5 Å². The van der Waals surface area contributed by atoms with E-state index in [0.29, 0.717) is 17.5 Å². The van der Waals surface area contributed by atoms with Crippen molar-refractivity contribution >= 4 is 26.7 Å². The highest BCUT2D eigenvalue weighted by Crippen LogP contribution is 2.30. The van der Waals surface area contributed by atoms with Gasteiger partial charge in [-0.1, -0.05) is 42.5 Å². The standard InChI is InChI=1S/C23H23N3O4S/c1-23(10-4-3-5-11-23)31(29,30)26-14-20(25-15-26)21(27)18-8-6-17-13-19(22(28)24-2)9-7-16(17)12-18/h3-10,12-15,21,27H,11H2,1-2H3,(H,24,28). The molecule has 1 aliphatic carbocycles. The number of nitrogens with one attached hydrogen (secondary N) is 1. The van der Waals surface area contributed by atoms with Gasteiger partial charge in [-0.05, 0) is 47.9 Å². The average Bonchev–Trinajstić information content (AvgIpc) is 3.29. The molecule has 0 saturated carbocycles. The number of rotatable bonds is 5. The largest absolute Gasteiger partial charge is 0.382 e. The number of carbonyl (C=O) groups is 1. The second-order valence-corrected chi connectivity index (χ2v) is 10.0. The van der Waals surface area contributed by atoms with E-state index in [1.807, 2.05) is 24.3 Å². The lowest BCUT2D eigenvalue weighted by Crippen LogP contribution is -2.37. The number of aliphatic hydroxyl groups is 1. The van der Waals surface area contributed by atoms with Gasteiger partial charge >= 0.3 is 0 Å². The molecule has 7 nitrogen and oxygen atoms in total. The van der Waals surface area contributed by atoms with Crippen molar-refractivity contribution in [1.29, 1.82) is 0 Å². The normalized spacial score (nSPS) is 19.5. The number of amides is 1. The number of allylic oxidation sites excluding steroid dienone is 3. The fraction of sp³-hybridized carbons (Fsp3) is 0.217. The Labute approximate surface area is 180 Å². The molecule has 3 aromatic rings.